The van der Waals surface area contributed by atoms with E-state index in [9.17, 15) is 9.59 Å². The van der Waals surface area contributed by atoms with Crippen molar-refractivity contribution in [3.8, 4) is 11.5 Å². The molecule has 0 saturated carbocycles. The summed E-state index contributed by atoms with van der Waals surface area (Å²) in [7, 11) is 1.59. The summed E-state index contributed by atoms with van der Waals surface area (Å²) in [5.74, 6) is 1.06. The van der Waals surface area contributed by atoms with Crippen LogP contribution in [0.4, 0.5) is 5.69 Å². The molecule has 0 bridgehead atoms. The lowest BCUT2D eigenvalue weighted by atomic mass is 10.2. The van der Waals surface area contributed by atoms with Crippen LogP contribution in [0.15, 0.2) is 52.4 Å². The summed E-state index contributed by atoms with van der Waals surface area (Å²) in [5, 5.41) is 3.41. The van der Waals surface area contributed by atoms with Crippen molar-refractivity contribution in [3.05, 3.63) is 52.8 Å². The van der Waals surface area contributed by atoms with E-state index >= 15 is 0 Å². The Morgan fingerprint density at radius 2 is 1.94 bits per heavy atom. The normalized spacial score (nSPS) is 14.7. The van der Waals surface area contributed by atoms with E-state index in [0.29, 0.717) is 53.1 Å². The molecule has 1 aliphatic heterocycles. The number of fused-ring (bicyclic) bond motifs is 2. The van der Waals surface area contributed by atoms with Gasteiger partial charge >= 0.3 is 0 Å². The maximum absolute atomic E-state index is 13.2. The first-order valence-electron chi connectivity index (χ1n) is 10.4. The highest BCUT2D eigenvalue weighted by molar-refractivity contribution is 8.00. The Bertz CT molecular complexity index is 1200. The van der Waals surface area contributed by atoms with Gasteiger partial charge in [0.25, 0.3) is 5.56 Å². The molecule has 0 aliphatic carbocycles. The van der Waals surface area contributed by atoms with Crippen molar-refractivity contribution < 1.29 is 19.0 Å². The van der Waals surface area contributed by atoms with Crippen LogP contribution in [0, 0.1) is 0 Å². The summed E-state index contributed by atoms with van der Waals surface area (Å²) in [6.07, 6.45) is 0. The average Bonchev–Trinajstić information content (AvgIpc) is 2.79. The maximum atomic E-state index is 13.2. The summed E-state index contributed by atoms with van der Waals surface area (Å²) in [5.41, 5.74) is 1.06. The lowest BCUT2D eigenvalue weighted by Crippen LogP contribution is -2.30. The number of nitrogens with one attached hydrogen (secondary N) is 1. The quantitative estimate of drug-likeness (QED) is 0.431. The molecular formula is C23H25N3O5S. The number of benzene rings is 2. The second-order valence-corrected chi connectivity index (χ2v) is 8.81. The van der Waals surface area contributed by atoms with E-state index < -0.39 is 5.25 Å². The molecular weight excluding hydrogens is 430 g/mol. The van der Waals surface area contributed by atoms with Gasteiger partial charge in [0.05, 0.1) is 28.8 Å². The van der Waals surface area contributed by atoms with Crippen LogP contribution < -0.4 is 20.3 Å². The van der Waals surface area contributed by atoms with E-state index in [1.807, 2.05) is 19.1 Å². The lowest BCUT2D eigenvalue weighted by molar-refractivity contribution is -0.115. The van der Waals surface area contributed by atoms with Gasteiger partial charge in [-0.2, -0.15) is 0 Å². The highest BCUT2D eigenvalue weighted by atomic mass is 32.2. The monoisotopic (exact) mass is 455 g/mol. The van der Waals surface area contributed by atoms with Gasteiger partial charge in [-0.1, -0.05) is 23.9 Å². The number of anilines is 1. The molecule has 1 N–H and O–H groups in total. The molecule has 0 fully saturated rings. The second kappa shape index (κ2) is 9.62. The highest BCUT2D eigenvalue weighted by Crippen LogP contribution is 2.33. The van der Waals surface area contributed by atoms with Crippen LogP contribution in [0.2, 0.25) is 0 Å². The van der Waals surface area contributed by atoms with Crippen molar-refractivity contribution in [2.45, 2.75) is 30.3 Å². The largest absolute Gasteiger partial charge is 0.486 e. The Kier molecular flexibility index (Phi) is 6.66. The topological polar surface area (TPSA) is 91.7 Å². The lowest BCUT2D eigenvalue weighted by Gasteiger charge is -2.21. The molecule has 8 nitrogen and oxygen atoms in total. The molecule has 1 aromatic heterocycles. The average molecular weight is 456 g/mol. The molecule has 0 unspecified atom stereocenters. The number of thioether (sulfide) groups is 1. The van der Waals surface area contributed by atoms with Crippen LogP contribution in [0.3, 0.4) is 0 Å². The molecule has 3 aromatic rings. The fraction of sp³-hybridized carbons (Fsp3) is 0.348. The number of carbonyl (C=O) groups is 1. The van der Waals surface area contributed by atoms with Gasteiger partial charge in [0.1, 0.15) is 13.2 Å². The van der Waals surface area contributed by atoms with Crippen molar-refractivity contribution in [2.24, 2.45) is 0 Å². The molecule has 1 aliphatic rings. The summed E-state index contributed by atoms with van der Waals surface area (Å²) in [6.45, 7) is 5.01. The van der Waals surface area contributed by atoms with Gasteiger partial charge in [-0.3, -0.25) is 14.2 Å². The standard InChI is InChI=1S/C23H25N3O5S/c1-14(13-29-3)26-22(28)17-6-4-5-7-18(17)25-23(26)32-15(2)21(27)24-16-8-9-19-20(12-16)31-11-10-30-19/h4-9,12,14-15H,10-11,13H2,1-3H3,(H,24,27)/t14-,15-/m0/s1. The Balaban J connectivity index is 1.58. The number of hydrogen-bond donors (Lipinski definition) is 1. The van der Waals surface area contributed by atoms with Crippen molar-refractivity contribution in [1.82, 2.24) is 9.55 Å². The van der Waals surface area contributed by atoms with Crippen molar-refractivity contribution in [3.63, 3.8) is 0 Å². The first-order valence-corrected chi connectivity index (χ1v) is 11.2. The molecule has 0 saturated heterocycles. The summed E-state index contributed by atoms with van der Waals surface area (Å²) >= 11 is 1.24. The minimum Gasteiger partial charge on any atom is -0.486 e. The van der Waals surface area contributed by atoms with E-state index in [4.69, 9.17) is 14.2 Å². The fourth-order valence-electron chi connectivity index (χ4n) is 3.49. The molecule has 2 atom stereocenters. The van der Waals surface area contributed by atoms with Crippen LogP contribution in [0.1, 0.15) is 19.9 Å². The van der Waals surface area contributed by atoms with Gasteiger partial charge in [-0.15, -0.1) is 0 Å². The van der Waals surface area contributed by atoms with Crippen molar-refractivity contribution >= 4 is 34.3 Å². The van der Waals surface area contributed by atoms with Gasteiger partial charge in [0, 0.05) is 18.9 Å². The van der Waals surface area contributed by atoms with Gasteiger partial charge in [0.15, 0.2) is 16.7 Å². The molecule has 2 heterocycles. The summed E-state index contributed by atoms with van der Waals surface area (Å²) in [6, 6.07) is 12.3. The number of methoxy groups -OCH3 is 1. The van der Waals surface area contributed by atoms with E-state index in [1.54, 1.807) is 48.9 Å². The van der Waals surface area contributed by atoms with Gasteiger partial charge in [-0.05, 0) is 38.1 Å². The summed E-state index contributed by atoms with van der Waals surface area (Å²) < 4.78 is 18.0. The molecule has 2 aromatic carbocycles. The summed E-state index contributed by atoms with van der Waals surface area (Å²) in [4.78, 5) is 30.7. The van der Waals surface area contributed by atoms with E-state index in [-0.39, 0.29) is 17.5 Å². The predicted octanol–water partition coefficient (Wildman–Crippen LogP) is 3.49. The van der Waals surface area contributed by atoms with Gasteiger partial charge in [-0.25, -0.2) is 4.98 Å². The maximum Gasteiger partial charge on any atom is 0.262 e. The van der Waals surface area contributed by atoms with Crippen molar-refractivity contribution in [1.29, 1.82) is 0 Å². The number of rotatable bonds is 7. The van der Waals surface area contributed by atoms with Crippen molar-refractivity contribution in [2.75, 3.05) is 32.2 Å². The molecule has 168 valence electrons. The first kappa shape index (κ1) is 22.2. The SMILES string of the molecule is COC[C@H](C)n1c(S[C@@H](C)C(=O)Nc2ccc3c(c2)OCCO3)nc2ccccc2c1=O. The number of nitrogens with zero attached hydrogens (tertiary/aromatic N) is 2. The third-order valence-electron chi connectivity index (χ3n) is 5.09. The molecule has 0 spiro atoms. The van der Waals surface area contributed by atoms with Crippen LogP contribution >= 0.6 is 11.8 Å². The Labute approximate surface area is 189 Å². The zero-order valence-corrected chi connectivity index (χ0v) is 19.0. The highest BCUT2D eigenvalue weighted by Gasteiger charge is 2.22. The molecule has 1 amide bonds. The minimum atomic E-state index is -0.503. The number of ether oxygens (including phenoxy) is 3. The van der Waals surface area contributed by atoms with Crippen LogP contribution in [-0.2, 0) is 9.53 Å². The Morgan fingerprint density at radius 3 is 2.72 bits per heavy atom. The number of para-hydroxylation sites is 1. The van der Waals surface area contributed by atoms with Crippen LogP contribution in [0.25, 0.3) is 10.9 Å². The van der Waals surface area contributed by atoms with E-state index in [2.05, 4.69) is 10.3 Å². The minimum absolute atomic E-state index is 0.151. The van der Waals surface area contributed by atoms with E-state index in [0.717, 1.165) is 0 Å². The number of hydrogen-bond acceptors (Lipinski definition) is 7. The van der Waals surface area contributed by atoms with Gasteiger partial charge < -0.3 is 19.5 Å². The van der Waals surface area contributed by atoms with Gasteiger partial charge in [0.2, 0.25) is 5.91 Å². The zero-order valence-electron chi connectivity index (χ0n) is 18.2. The number of carbonyl (C=O) groups excluding carboxylic acids is 1. The third kappa shape index (κ3) is 4.58. The van der Waals surface area contributed by atoms with Crippen LogP contribution in [0.5, 0.6) is 11.5 Å². The fourth-order valence-corrected chi connectivity index (χ4v) is 4.50. The molecule has 4 rings (SSSR count). The first-order chi connectivity index (χ1) is 15.5. The predicted molar refractivity (Wildman–Crippen MR) is 124 cm³/mol. The number of aromatic nitrogens is 2. The second-order valence-electron chi connectivity index (χ2n) is 7.50. The smallest absolute Gasteiger partial charge is 0.262 e. The number of amides is 1. The van der Waals surface area contributed by atoms with Crippen LogP contribution in [-0.4, -0.2) is 47.6 Å². The Morgan fingerprint density at radius 1 is 1.19 bits per heavy atom. The molecule has 9 heteroatoms. The Hall–Kier alpha value is -3.04. The van der Waals surface area contributed by atoms with E-state index in [1.165, 1.54) is 11.8 Å². The third-order valence-corrected chi connectivity index (χ3v) is 6.15. The molecule has 32 heavy (non-hydrogen) atoms. The zero-order chi connectivity index (χ0) is 22.7. The molecule has 0 radical (unpaired) electrons.